The number of hydrogen-bond acceptors (Lipinski definition) is 2. The summed E-state index contributed by atoms with van der Waals surface area (Å²) in [6.45, 7) is 0. The number of hydrogen-bond donors (Lipinski definition) is 1. The highest BCUT2D eigenvalue weighted by Gasteiger charge is 2.33. The molecule has 1 aromatic rings. The molecular weight excluding hydrogens is 231 g/mol. The Labute approximate surface area is 89.8 Å². The molecular formula is C9H9ClF3NO. The molecule has 0 bridgehead atoms. The molecule has 0 aliphatic heterocycles. The van der Waals surface area contributed by atoms with Gasteiger partial charge in [0, 0.05) is 5.56 Å². The Morgan fingerprint density at radius 2 is 1.87 bits per heavy atom. The number of alkyl halides is 3. The fourth-order valence-corrected chi connectivity index (χ4v) is 1.12. The molecule has 0 aliphatic rings. The van der Waals surface area contributed by atoms with Crippen LogP contribution in [0.15, 0.2) is 18.2 Å². The van der Waals surface area contributed by atoms with Gasteiger partial charge >= 0.3 is 6.18 Å². The molecule has 0 amide bonds. The molecule has 0 atom stereocenters. The normalized spacial score (nSPS) is 10.3. The first kappa shape index (κ1) is 13.9. The van der Waals surface area contributed by atoms with Gasteiger partial charge in [-0.3, -0.25) is 4.79 Å². The Bertz CT molecular complexity index is 339. The van der Waals surface area contributed by atoms with Crippen LogP contribution >= 0.6 is 11.6 Å². The lowest BCUT2D eigenvalue weighted by atomic mass is 10.1. The fraction of sp³-hybridized carbons (Fsp3) is 0.222. The number of rotatable bonds is 1. The molecule has 0 aromatic heterocycles. The summed E-state index contributed by atoms with van der Waals surface area (Å²) in [5.41, 5.74) is 2.98. The number of benzene rings is 1. The van der Waals surface area contributed by atoms with Crippen LogP contribution in [-0.4, -0.2) is 13.3 Å². The minimum absolute atomic E-state index is 0.102. The van der Waals surface area contributed by atoms with E-state index in [0.29, 0.717) is 0 Å². The van der Waals surface area contributed by atoms with Crippen molar-refractivity contribution >= 4 is 17.9 Å². The van der Waals surface area contributed by atoms with Crippen molar-refractivity contribution in [2.45, 2.75) is 6.18 Å². The van der Waals surface area contributed by atoms with Crippen molar-refractivity contribution in [1.29, 1.82) is 0 Å². The van der Waals surface area contributed by atoms with Crippen molar-refractivity contribution < 1.29 is 18.0 Å². The highest BCUT2D eigenvalue weighted by Crippen LogP contribution is 2.33. The van der Waals surface area contributed by atoms with Crippen molar-refractivity contribution in [3.63, 3.8) is 0 Å². The predicted octanol–water partition coefficient (Wildman–Crippen LogP) is 2.75. The lowest BCUT2D eigenvalue weighted by molar-refractivity contribution is -0.137. The maximum atomic E-state index is 12.2. The molecule has 0 saturated carbocycles. The molecule has 2 nitrogen and oxygen atoms in total. The zero-order valence-corrected chi connectivity index (χ0v) is 8.56. The summed E-state index contributed by atoms with van der Waals surface area (Å²) in [7, 11) is 1.50. The number of nitrogens with two attached hydrogens (primary N) is 1. The van der Waals surface area contributed by atoms with Gasteiger partial charge in [0.15, 0.2) is 6.29 Å². The smallest absolute Gasteiger partial charge is 0.333 e. The second kappa shape index (κ2) is 5.72. The van der Waals surface area contributed by atoms with Gasteiger partial charge in [0.1, 0.15) is 0 Å². The minimum Gasteiger partial charge on any atom is -0.333 e. The van der Waals surface area contributed by atoms with E-state index < -0.39 is 17.3 Å². The molecule has 84 valence electrons. The van der Waals surface area contributed by atoms with E-state index in [-0.39, 0.29) is 11.3 Å². The van der Waals surface area contributed by atoms with Gasteiger partial charge in [-0.25, -0.2) is 0 Å². The largest absolute Gasteiger partial charge is 0.417 e. The molecule has 15 heavy (non-hydrogen) atoms. The van der Waals surface area contributed by atoms with E-state index in [2.05, 4.69) is 5.73 Å². The second-order valence-corrected chi connectivity index (χ2v) is 2.72. The highest BCUT2D eigenvalue weighted by atomic mass is 35.5. The third-order valence-corrected chi connectivity index (χ3v) is 1.81. The molecule has 0 unspecified atom stereocenters. The van der Waals surface area contributed by atoms with Crippen LogP contribution in [0, 0.1) is 0 Å². The van der Waals surface area contributed by atoms with E-state index in [1.54, 1.807) is 0 Å². The third kappa shape index (κ3) is 3.53. The number of halogens is 4. The topological polar surface area (TPSA) is 43.1 Å². The second-order valence-electron chi connectivity index (χ2n) is 2.32. The first-order chi connectivity index (χ1) is 6.96. The summed E-state index contributed by atoms with van der Waals surface area (Å²) in [4.78, 5) is 10.3. The average molecular weight is 240 g/mol. The van der Waals surface area contributed by atoms with E-state index >= 15 is 0 Å². The van der Waals surface area contributed by atoms with Gasteiger partial charge in [0.25, 0.3) is 0 Å². The van der Waals surface area contributed by atoms with Crippen LogP contribution in [0.5, 0.6) is 0 Å². The van der Waals surface area contributed by atoms with Crippen LogP contribution in [0.4, 0.5) is 13.2 Å². The molecule has 6 heteroatoms. The molecule has 0 saturated heterocycles. The van der Waals surface area contributed by atoms with Crippen molar-refractivity contribution in [2.75, 3.05) is 7.05 Å². The lowest BCUT2D eigenvalue weighted by Gasteiger charge is -2.09. The fourth-order valence-electron chi connectivity index (χ4n) is 0.904. The van der Waals surface area contributed by atoms with Crippen molar-refractivity contribution in [3.8, 4) is 0 Å². The van der Waals surface area contributed by atoms with Crippen LogP contribution < -0.4 is 5.73 Å². The third-order valence-electron chi connectivity index (χ3n) is 1.48. The molecule has 0 aliphatic carbocycles. The molecule has 0 heterocycles. The molecule has 0 spiro atoms. The summed E-state index contributed by atoms with van der Waals surface area (Å²) >= 11 is 5.40. The minimum atomic E-state index is -4.54. The van der Waals surface area contributed by atoms with E-state index in [1.807, 2.05) is 0 Å². The Kier molecular flexibility index (Phi) is 5.32. The SMILES string of the molecule is CN.O=Cc1c(Cl)cccc1C(F)(F)F. The Balaban J connectivity index is 0.000000921. The first-order valence-electron chi connectivity index (χ1n) is 3.85. The van der Waals surface area contributed by atoms with Crippen LogP contribution in [0.1, 0.15) is 15.9 Å². The zero-order chi connectivity index (χ0) is 12.1. The van der Waals surface area contributed by atoms with E-state index in [1.165, 1.54) is 13.1 Å². The Morgan fingerprint density at radius 1 is 1.33 bits per heavy atom. The van der Waals surface area contributed by atoms with Crippen molar-refractivity contribution in [2.24, 2.45) is 5.73 Å². The van der Waals surface area contributed by atoms with Crippen LogP contribution in [0.3, 0.4) is 0 Å². The number of carbonyl (C=O) groups excluding carboxylic acids is 1. The lowest BCUT2D eigenvalue weighted by Crippen LogP contribution is -2.08. The molecule has 0 radical (unpaired) electrons. The number of carbonyl (C=O) groups is 1. The monoisotopic (exact) mass is 239 g/mol. The van der Waals surface area contributed by atoms with Gasteiger partial charge < -0.3 is 5.73 Å². The quantitative estimate of drug-likeness (QED) is 0.766. The maximum absolute atomic E-state index is 12.2. The summed E-state index contributed by atoms with van der Waals surface area (Å²) in [6, 6.07) is 3.20. The highest BCUT2D eigenvalue weighted by molar-refractivity contribution is 6.33. The van der Waals surface area contributed by atoms with Crippen LogP contribution in [0.2, 0.25) is 5.02 Å². The van der Waals surface area contributed by atoms with E-state index in [0.717, 1.165) is 12.1 Å². The maximum Gasteiger partial charge on any atom is 0.417 e. The Morgan fingerprint density at radius 3 is 2.20 bits per heavy atom. The Hall–Kier alpha value is -1.07. The van der Waals surface area contributed by atoms with Crippen LogP contribution in [-0.2, 0) is 6.18 Å². The number of aldehydes is 1. The van der Waals surface area contributed by atoms with E-state index in [4.69, 9.17) is 11.6 Å². The van der Waals surface area contributed by atoms with Crippen molar-refractivity contribution in [3.05, 3.63) is 34.3 Å². The van der Waals surface area contributed by atoms with Gasteiger partial charge in [-0.15, -0.1) is 0 Å². The van der Waals surface area contributed by atoms with Crippen LogP contribution in [0.25, 0.3) is 0 Å². The van der Waals surface area contributed by atoms with Crippen molar-refractivity contribution in [1.82, 2.24) is 0 Å². The van der Waals surface area contributed by atoms with Gasteiger partial charge in [0.2, 0.25) is 0 Å². The summed E-state index contributed by atoms with van der Waals surface area (Å²) < 4.78 is 36.6. The molecule has 1 rings (SSSR count). The standard InChI is InChI=1S/C8H4ClF3O.CH5N/c9-7-3-1-2-6(5(7)4-13)8(10,11)12;1-2/h1-4H;2H2,1H3. The summed E-state index contributed by atoms with van der Waals surface area (Å²) in [6.07, 6.45) is -4.44. The molecule has 1 aromatic carbocycles. The van der Waals surface area contributed by atoms with Gasteiger partial charge in [0.05, 0.1) is 10.6 Å². The average Bonchev–Trinajstić information content (AvgIpc) is 2.19. The zero-order valence-electron chi connectivity index (χ0n) is 7.81. The molecule has 2 N–H and O–H groups in total. The van der Waals surface area contributed by atoms with Gasteiger partial charge in [-0.1, -0.05) is 17.7 Å². The summed E-state index contributed by atoms with van der Waals surface area (Å²) in [5, 5.41) is -0.190. The summed E-state index contributed by atoms with van der Waals surface area (Å²) in [5.74, 6) is 0. The van der Waals surface area contributed by atoms with E-state index in [9.17, 15) is 18.0 Å². The predicted molar refractivity (Wildman–Crippen MR) is 52.0 cm³/mol. The first-order valence-corrected chi connectivity index (χ1v) is 4.23. The van der Waals surface area contributed by atoms with Gasteiger partial charge in [-0.2, -0.15) is 13.2 Å². The van der Waals surface area contributed by atoms with Gasteiger partial charge in [-0.05, 0) is 19.2 Å². The molecule has 0 fully saturated rings.